The smallest absolute Gasteiger partial charge is 0.0323 e. The average molecular weight is 168 g/mol. The first-order chi connectivity index (χ1) is 5.45. The van der Waals surface area contributed by atoms with Crippen LogP contribution in [0.15, 0.2) is 12.2 Å². The van der Waals surface area contributed by atoms with Crippen molar-refractivity contribution in [2.24, 2.45) is 17.8 Å². The average Bonchev–Trinajstić information content (AvgIpc) is 1.98. The van der Waals surface area contributed by atoms with Gasteiger partial charge in [-0.2, -0.15) is 0 Å². The van der Waals surface area contributed by atoms with Gasteiger partial charge in [-0.15, -0.1) is 6.58 Å². The molecule has 2 unspecified atom stereocenters. The van der Waals surface area contributed by atoms with Gasteiger partial charge in [-0.25, -0.2) is 0 Å². The van der Waals surface area contributed by atoms with Crippen LogP contribution in [0.1, 0.15) is 47.5 Å². The molecule has 0 nitrogen and oxygen atoms in total. The highest BCUT2D eigenvalue weighted by Gasteiger charge is 2.14. The van der Waals surface area contributed by atoms with Crippen LogP contribution in [0.4, 0.5) is 0 Å². The van der Waals surface area contributed by atoms with E-state index in [0.717, 1.165) is 17.8 Å². The van der Waals surface area contributed by atoms with E-state index < -0.39 is 0 Å². The predicted molar refractivity (Wildman–Crippen MR) is 57.2 cm³/mol. The standard InChI is InChI=1S/C12H24/c1-9(2)7-8-11(5)12(6)10(3)4/h10-12H,1,7-8H2,2-6H3. The Balaban J connectivity index is 3.71. The highest BCUT2D eigenvalue weighted by Crippen LogP contribution is 2.24. The summed E-state index contributed by atoms with van der Waals surface area (Å²) in [6.45, 7) is 15.4. The molecule has 0 radical (unpaired) electrons. The van der Waals surface area contributed by atoms with Crippen LogP contribution in [-0.4, -0.2) is 0 Å². The van der Waals surface area contributed by atoms with E-state index in [9.17, 15) is 0 Å². The van der Waals surface area contributed by atoms with Crippen LogP contribution in [-0.2, 0) is 0 Å². The van der Waals surface area contributed by atoms with Crippen LogP contribution in [0.2, 0.25) is 0 Å². The molecule has 0 heterocycles. The van der Waals surface area contributed by atoms with Crippen molar-refractivity contribution >= 4 is 0 Å². The summed E-state index contributed by atoms with van der Waals surface area (Å²) in [5, 5.41) is 0. The van der Waals surface area contributed by atoms with Gasteiger partial charge in [0, 0.05) is 0 Å². The van der Waals surface area contributed by atoms with Crippen molar-refractivity contribution in [3.63, 3.8) is 0 Å². The molecule has 0 aromatic rings. The maximum Gasteiger partial charge on any atom is -0.0323 e. The molecule has 0 amide bonds. The minimum atomic E-state index is 0.810. The Labute approximate surface area is 78.1 Å². The molecule has 72 valence electrons. The Morgan fingerprint density at radius 3 is 2.00 bits per heavy atom. The molecule has 0 saturated heterocycles. The lowest BCUT2D eigenvalue weighted by Crippen LogP contribution is -2.14. The molecule has 0 N–H and O–H groups in total. The van der Waals surface area contributed by atoms with Gasteiger partial charge in [0.1, 0.15) is 0 Å². The molecule has 12 heavy (non-hydrogen) atoms. The van der Waals surface area contributed by atoms with Gasteiger partial charge in [-0.05, 0) is 37.5 Å². The third-order valence-corrected chi connectivity index (χ3v) is 2.98. The maximum absolute atomic E-state index is 3.93. The van der Waals surface area contributed by atoms with E-state index in [4.69, 9.17) is 0 Å². The molecule has 0 saturated carbocycles. The maximum atomic E-state index is 3.93. The predicted octanol–water partition coefficient (Wildman–Crippen LogP) is 4.27. The quantitative estimate of drug-likeness (QED) is 0.538. The fraction of sp³-hybridized carbons (Fsp3) is 0.833. The molecule has 0 rings (SSSR count). The van der Waals surface area contributed by atoms with Crippen LogP contribution >= 0.6 is 0 Å². The third-order valence-electron chi connectivity index (χ3n) is 2.98. The van der Waals surface area contributed by atoms with E-state index in [1.165, 1.54) is 18.4 Å². The van der Waals surface area contributed by atoms with E-state index in [-0.39, 0.29) is 0 Å². The second-order valence-electron chi connectivity index (χ2n) is 4.58. The summed E-state index contributed by atoms with van der Waals surface area (Å²) in [6.07, 6.45) is 2.49. The molecule has 0 aliphatic carbocycles. The van der Waals surface area contributed by atoms with E-state index in [1.807, 2.05) is 0 Å². The number of hydrogen-bond donors (Lipinski definition) is 0. The van der Waals surface area contributed by atoms with Crippen molar-refractivity contribution < 1.29 is 0 Å². The van der Waals surface area contributed by atoms with Crippen LogP contribution in [0.3, 0.4) is 0 Å². The molecule has 0 fully saturated rings. The summed E-state index contributed by atoms with van der Waals surface area (Å²) >= 11 is 0. The summed E-state index contributed by atoms with van der Waals surface area (Å²) < 4.78 is 0. The Morgan fingerprint density at radius 1 is 1.17 bits per heavy atom. The van der Waals surface area contributed by atoms with E-state index in [1.54, 1.807) is 0 Å². The van der Waals surface area contributed by atoms with Crippen molar-refractivity contribution in [3.8, 4) is 0 Å². The summed E-state index contributed by atoms with van der Waals surface area (Å²) in [5.41, 5.74) is 1.32. The third kappa shape index (κ3) is 4.58. The van der Waals surface area contributed by atoms with Crippen LogP contribution in [0.25, 0.3) is 0 Å². The lowest BCUT2D eigenvalue weighted by atomic mass is 9.83. The van der Waals surface area contributed by atoms with Gasteiger partial charge in [0.25, 0.3) is 0 Å². The Kier molecular flexibility index (Phi) is 5.28. The van der Waals surface area contributed by atoms with Crippen LogP contribution in [0.5, 0.6) is 0 Å². The molecule has 0 heteroatoms. The van der Waals surface area contributed by atoms with Gasteiger partial charge in [0.2, 0.25) is 0 Å². The fourth-order valence-corrected chi connectivity index (χ4v) is 1.39. The van der Waals surface area contributed by atoms with E-state index in [0.29, 0.717) is 0 Å². The van der Waals surface area contributed by atoms with Crippen molar-refractivity contribution in [1.82, 2.24) is 0 Å². The van der Waals surface area contributed by atoms with Gasteiger partial charge in [0.15, 0.2) is 0 Å². The van der Waals surface area contributed by atoms with Gasteiger partial charge in [-0.1, -0.05) is 33.3 Å². The minimum absolute atomic E-state index is 0.810. The lowest BCUT2D eigenvalue weighted by Gasteiger charge is -2.23. The Hall–Kier alpha value is -0.260. The molecule has 0 aromatic heterocycles. The zero-order valence-corrected chi connectivity index (χ0v) is 9.35. The second kappa shape index (κ2) is 5.40. The monoisotopic (exact) mass is 168 g/mol. The van der Waals surface area contributed by atoms with Gasteiger partial charge in [0.05, 0.1) is 0 Å². The zero-order valence-electron chi connectivity index (χ0n) is 9.35. The molecule has 0 aliphatic heterocycles. The van der Waals surface area contributed by atoms with Gasteiger partial charge < -0.3 is 0 Å². The lowest BCUT2D eigenvalue weighted by molar-refractivity contribution is 0.282. The van der Waals surface area contributed by atoms with Crippen molar-refractivity contribution in [1.29, 1.82) is 0 Å². The normalized spacial score (nSPS) is 16.2. The highest BCUT2D eigenvalue weighted by molar-refractivity contribution is 4.88. The van der Waals surface area contributed by atoms with Crippen LogP contribution in [0, 0.1) is 17.8 Å². The van der Waals surface area contributed by atoms with Gasteiger partial charge in [-0.3, -0.25) is 0 Å². The number of hydrogen-bond acceptors (Lipinski definition) is 0. The Morgan fingerprint density at radius 2 is 1.67 bits per heavy atom. The van der Waals surface area contributed by atoms with Crippen LogP contribution < -0.4 is 0 Å². The molecule has 0 aliphatic rings. The molecule has 2 atom stereocenters. The molecular formula is C12H24. The second-order valence-corrected chi connectivity index (χ2v) is 4.58. The topological polar surface area (TPSA) is 0 Å². The first-order valence-electron chi connectivity index (χ1n) is 5.09. The molecule has 0 bridgehead atoms. The first-order valence-corrected chi connectivity index (χ1v) is 5.09. The molecular weight excluding hydrogens is 144 g/mol. The van der Waals surface area contributed by atoms with E-state index in [2.05, 4.69) is 41.2 Å². The molecule has 0 aromatic carbocycles. The molecule has 0 spiro atoms. The fourth-order valence-electron chi connectivity index (χ4n) is 1.39. The van der Waals surface area contributed by atoms with Gasteiger partial charge >= 0.3 is 0 Å². The summed E-state index contributed by atoms with van der Waals surface area (Å²) in [7, 11) is 0. The number of allylic oxidation sites excluding steroid dienone is 1. The summed E-state index contributed by atoms with van der Waals surface area (Å²) in [4.78, 5) is 0. The first kappa shape index (κ1) is 11.7. The largest absolute Gasteiger partial charge is 0.100 e. The summed E-state index contributed by atoms with van der Waals surface area (Å²) in [5.74, 6) is 2.48. The minimum Gasteiger partial charge on any atom is -0.100 e. The Bertz CT molecular complexity index is 133. The summed E-state index contributed by atoms with van der Waals surface area (Å²) in [6, 6.07) is 0. The highest BCUT2D eigenvalue weighted by atomic mass is 14.2. The van der Waals surface area contributed by atoms with Crippen molar-refractivity contribution in [3.05, 3.63) is 12.2 Å². The van der Waals surface area contributed by atoms with E-state index >= 15 is 0 Å². The number of rotatable bonds is 5. The SMILES string of the molecule is C=C(C)CCC(C)C(C)C(C)C. The van der Waals surface area contributed by atoms with Crippen molar-refractivity contribution in [2.75, 3.05) is 0 Å². The zero-order chi connectivity index (χ0) is 9.72. The van der Waals surface area contributed by atoms with Crippen molar-refractivity contribution in [2.45, 2.75) is 47.5 Å².